The molecule has 0 amide bonds. The summed E-state index contributed by atoms with van der Waals surface area (Å²) in [4.78, 5) is 0.0639. The molecule has 2 rings (SSSR count). The Kier molecular flexibility index (Phi) is 5.59. The minimum absolute atomic E-state index is 0.0639. The van der Waals surface area contributed by atoms with E-state index in [1.165, 1.54) is 26.4 Å². The molecule has 0 aliphatic rings. The second kappa shape index (κ2) is 7.45. The van der Waals surface area contributed by atoms with Crippen LogP contribution in [0.4, 0.5) is 0 Å². The van der Waals surface area contributed by atoms with E-state index < -0.39 is 16.1 Å². The van der Waals surface area contributed by atoms with Crippen LogP contribution in [0.3, 0.4) is 0 Å². The van der Waals surface area contributed by atoms with Crippen LogP contribution in [0.5, 0.6) is 11.5 Å². The van der Waals surface area contributed by atoms with Gasteiger partial charge >= 0.3 is 0 Å². The molecule has 0 fully saturated rings. The van der Waals surface area contributed by atoms with Gasteiger partial charge in [-0.2, -0.15) is 0 Å². The second-order valence-electron chi connectivity index (χ2n) is 4.92. The highest BCUT2D eigenvalue weighted by Crippen LogP contribution is 2.25. The van der Waals surface area contributed by atoms with Crippen molar-refractivity contribution in [2.75, 3.05) is 20.8 Å². The Hall–Kier alpha value is -2.09. The fourth-order valence-electron chi connectivity index (χ4n) is 2.04. The highest BCUT2D eigenvalue weighted by molar-refractivity contribution is 7.89. The van der Waals surface area contributed by atoms with Crippen LogP contribution in [0.15, 0.2) is 53.4 Å². The van der Waals surface area contributed by atoms with Crippen LogP contribution in [-0.4, -0.2) is 29.2 Å². The number of nitrogens with two attached hydrogens (primary N) is 1. The van der Waals surface area contributed by atoms with E-state index in [1.807, 2.05) is 30.3 Å². The van der Waals surface area contributed by atoms with E-state index in [4.69, 9.17) is 15.2 Å². The van der Waals surface area contributed by atoms with E-state index in [9.17, 15) is 8.42 Å². The van der Waals surface area contributed by atoms with Gasteiger partial charge in [-0.3, -0.25) is 0 Å². The van der Waals surface area contributed by atoms with Crippen molar-refractivity contribution in [3.8, 4) is 11.5 Å². The Morgan fingerprint density at radius 3 is 2.13 bits per heavy atom. The SMILES string of the molecule is COc1cc(OC)cc(S(=O)(=O)NCC(N)c2ccccc2)c1. The third-order valence-corrected chi connectivity index (χ3v) is 4.76. The Balaban J connectivity index is 2.16. The molecule has 0 aliphatic carbocycles. The highest BCUT2D eigenvalue weighted by Gasteiger charge is 2.18. The summed E-state index contributed by atoms with van der Waals surface area (Å²) >= 11 is 0. The van der Waals surface area contributed by atoms with E-state index in [1.54, 1.807) is 6.07 Å². The minimum Gasteiger partial charge on any atom is -0.497 e. The molecule has 0 aromatic heterocycles. The van der Waals surface area contributed by atoms with Gasteiger partial charge in [0.1, 0.15) is 11.5 Å². The van der Waals surface area contributed by atoms with Crippen molar-refractivity contribution < 1.29 is 17.9 Å². The van der Waals surface area contributed by atoms with E-state index in [-0.39, 0.29) is 11.4 Å². The first-order valence-electron chi connectivity index (χ1n) is 6.99. The van der Waals surface area contributed by atoms with Gasteiger partial charge in [-0.1, -0.05) is 30.3 Å². The van der Waals surface area contributed by atoms with Gasteiger partial charge in [0.25, 0.3) is 0 Å². The summed E-state index contributed by atoms with van der Waals surface area (Å²) in [6, 6.07) is 13.3. The number of nitrogens with one attached hydrogen (secondary N) is 1. The molecule has 0 spiro atoms. The molecular formula is C16H20N2O4S. The topological polar surface area (TPSA) is 90.6 Å². The molecule has 0 aliphatic heterocycles. The van der Waals surface area contributed by atoms with Crippen molar-refractivity contribution in [2.45, 2.75) is 10.9 Å². The van der Waals surface area contributed by atoms with E-state index in [2.05, 4.69) is 4.72 Å². The number of methoxy groups -OCH3 is 2. The molecule has 23 heavy (non-hydrogen) atoms. The number of hydrogen-bond acceptors (Lipinski definition) is 5. The van der Waals surface area contributed by atoms with Crippen LogP contribution >= 0.6 is 0 Å². The lowest BCUT2D eigenvalue weighted by Crippen LogP contribution is -2.32. The van der Waals surface area contributed by atoms with Gasteiger partial charge < -0.3 is 15.2 Å². The number of ether oxygens (including phenoxy) is 2. The molecule has 1 atom stereocenters. The third kappa shape index (κ3) is 4.44. The first kappa shape index (κ1) is 17.3. The van der Waals surface area contributed by atoms with Crippen molar-refractivity contribution in [3.05, 3.63) is 54.1 Å². The predicted octanol–water partition coefficient (Wildman–Crippen LogP) is 1.68. The molecule has 6 nitrogen and oxygen atoms in total. The van der Waals surface area contributed by atoms with Crippen LogP contribution in [0.25, 0.3) is 0 Å². The van der Waals surface area contributed by atoms with Gasteiger partial charge in [0.2, 0.25) is 10.0 Å². The molecule has 0 bridgehead atoms. The molecule has 2 aromatic carbocycles. The average Bonchev–Trinajstić information content (AvgIpc) is 2.59. The van der Waals surface area contributed by atoms with E-state index in [0.29, 0.717) is 11.5 Å². The first-order valence-corrected chi connectivity index (χ1v) is 8.48. The molecule has 7 heteroatoms. The molecular weight excluding hydrogens is 316 g/mol. The molecule has 0 heterocycles. The lowest BCUT2D eigenvalue weighted by molar-refractivity contribution is 0.392. The normalized spacial score (nSPS) is 12.7. The molecule has 2 aromatic rings. The molecule has 0 saturated heterocycles. The Morgan fingerprint density at radius 2 is 1.61 bits per heavy atom. The lowest BCUT2D eigenvalue weighted by Gasteiger charge is -2.14. The third-order valence-electron chi connectivity index (χ3n) is 3.36. The quantitative estimate of drug-likeness (QED) is 0.803. The van der Waals surface area contributed by atoms with Gasteiger partial charge in [0, 0.05) is 30.8 Å². The monoisotopic (exact) mass is 336 g/mol. The fourth-order valence-corrected chi connectivity index (χ4v) is 3.15. The summed E-state index contributed by atoms with van der Waals surface area (Å²) in [6.45, 7) is 0.0892. The van der Waals surface area contributed by atoms with Crippen LogP contribution in [0, 0.1) is 0 Å². The summed E-state index contributed by atoms with van der Waals surface area (Å²) in [5.41, 5.74) is 6.88. The maximum atomic E-state index is 12.4. The van der Waals surface area contributed by atoms with Crippen LogP contribution in [-0.2, 0) is 10.0 Å². The standard InChI is InChI=1S/C16H20N2O4S/c1-21-13-8-14(22-2)10-15(9-13)23(19,20)18-11-16(17)12-6-4-3-5-7-12/h3-10,16,18H,11,17H2,1-2H3. The molecule has 3 N–H and O–H groups in total. The number of hydrogen-bond donors (Lipinski definition) is 2. The fraction of sp³-hybridized carbons (Fsp3) is 0.250. The van der Waals surface area contributed by atoms with Crippen molar-refractivity contribution in [1.29, 1.82) is 0 Å². The Bertz CT molecular complexity index is 726. The molecule has 0 radical (unpaired) electrons. The Morgan fingerprint density at radius 1 is 1.04 bits per heavy atom. The molecule has 124 valence electrons. The Labute approximate surface area is 136 Å². The summed E-state index contributed by atoms with van der Waals surface area (Å²) in [5.74, 6) is 0.800. The summed E-state index contributed by atoms with van der Waals surface area (Å²) < 4.78 is 37.5. The van der Waals surface area contributed by atoms with Crippen molar-refractivity contribution >= 4 is 10.0 Å². The zero-order chi connectivity index (χ0) is 16.9. The minimum atomic E-state index is -3.72. The van der Waals surface area contributed by atoms with Crippen molar-refractivity contribution in [2.24, 2.45) is 5.73 Å². The largest absolute Gasteiger partial charge is 0.497 e. The van der Waals surface area contributed by atoms with Gasteiger partial charge in [-0.25, -0.2) is 13.1 Å². The zero-order valence-corrected chi connectivity index (χ0v) is 13.8. The van der Waals surface area contributed by atoms with Crippen LogP contribution in [0.2, 0.25) is 0 Å². The van der Waals surface area contributed by atoms with E-state index >= 15 is 0 Å². The van der Waals surface area contributed by atoms with Gasteiger partial charge in [0.05, 0.1) is 19.1 Å². The van der Waals surface area contributed by atoms with E-state index in [0.717, 1.165) is 5.56 Å². The number of benzene rings is 2. The summed E-state index contributed by atoms with van der Waals surface area (Å²) in [7, 11) is -0.794. The van der Waals surface area contributed by atoms with Gasteiger partial charge in [-0.05, 0) is 5.56 Å². The van der Waals surface area contributed by atoms with Gasteiger partial charge in [0.15, 0.2) is 0 Å². The maximum absolute atomic E-state index is 12.4. The van der Waals surface area contributed by atoms with Gasteiger partial charge in [-0.15, -0.1) is 0 Å². The zero-order valence-electron chi connectivity index (χ0n) is 13.0. The molecule has 0 saturated carbocycles. The average molecular weight is 336 g/mol. The maximum Gasteiger partial charge on any atom is 0.240 e. The highest BCUT2D eigenvalue weighted by atomic mass is 32.2. The van der Waals surface area contributed by atoms with Crippen LogP contribution < -0.4 is 19.9 Å². The van der Waals surface area contributed by atoms with Crippen LogP contribution in [0.1, 0.15) is 11.6 Å². The summed E-state index contributed by atoms with van der Waals surface area (Å²) in [5, 5.41) is 0. The summed E-state index contributed by atoms with van der Waals surface area (Å²) in [6.07, 6.45) is 0. The number of rotatable bonds is 7. The predicted molar refractivity (Wildman–Crippen MR) is 88.1 cm³/mol. The first-order chi connectivity index (χ1) is 11.0. The van der Waals surface area contributed by atoms with Crippen molar-refractivity contribution in [1.82, 2.24) is 4.72 Å². The second-order valence-corrected chi connectivity index (χ2v) is 6.68. The number of sulfonamides is 1. The molecule has 1 unspecified atom stereocenters. The van der Waals surface area contributed by atoms with Crippen molar-refractivity contribution in [3.63, 3.8) is 0 Å². The lowest BCUT2D eigenvalue weighted by atomic mass is 10.1. The smallest absolute Gasteiger partial charge is 0.240 e.